The number of ether oxygens (including phenoxy) is 2. The number of H-pyrrole nitrogens is 1. The molecule has 0 radical (unpaired) electrons. The Morgan fingerprint density at radius 1 is 0.862 bits per heavy atom. The standard InChI is InChI=1S/C50H69N9O6/c1-12-29-19-36-39-33(30-13-15-31(16-14-30)35(51)23-52-22-32-20-49(6,7)25-58(32)45(60)41(27(2)3)56-47(62)64-10)17-18-34(40(39)43(29)54-36)37-24-53-44(55-37)38-21-50(8,9)26-59(38)46(61)42(28(4)5)57-48(63)65-11/h13-18,23-24,27-29,32,36,38,41-43,51,54H,12,19-22,25-26H2,1-11H3,(H,53,55)(H,56,62)(H,57,63). The van der Waals surface area contributed by atoms with E-state index in [0.29, 0.717) is 25.6 Å². The van der Waals surface area contributed by atoms with Gasteiger partial charge >= 0.3 is 12.2 Å². The monoisotopic (exact) mass is 892 g/mol. The second-order valence-corrected chi connectivity index (χ2v) is 20.8. The first-order chi connectivity index (χ1) is 30.8. The molecule has 3 aromatic rings. The molecule has 0 aliphatic carbocycles. The Morgan fingerprint density at radius 3 is 2.05 bits per heavy atom. The van der Waals surface area contributed by atoms with Crippen molar-refractivity contribution in [2.75, 3.05) is 33.9 Å². The predicted molar refractivity (Wildman–Crippen MR) is 252 cm³/mol. The van der Waals surface area contributed by atoms with Crippen LogP contribution in [0.5, 0.6) is 0 Å². The largest absolute Gasteiger partial charge is 0.453 e. The summed E-state index contributed by atoms with van der Waals surface area (Å²) in [5.74, 6) is 0.667. The van der Waals surface area contributed by atoms with E-state index in [4.69, 9.17) is 19.9 Å². The number of nitrogens with one attached hydrogen (secondary N) is 5. The van der Waals surface area contributed by atoms with Gasteiger partial charge in [0.05, 0.1) is 50.5 Å². The molecule has 0 saturated carbocycles. The third-order valence-electron chi connectivity index (χ3n) is 14.0. The molecule has 5 N–H and O–H groups in total. The summed E-state index contributed by atoms with van der Waals surface area (Å²) in [4.78, 5) is 69.1. The number of carbonyl (C=O) groups is 4. The van der Waals surface area contributed by atoms with Crippen LogP contribution in [0.25, 0.3) is 22.4 Å². The first-order valence-corrected chi connectivity index (χ1v) is 23.2. The lowest BCUT2D eigenvalue weighted by atomic mass is 9.77. The number of aromatic amines is 1. The van der Waals surface area contributed by atoms with Crippen LogP contribution in [0, 0.1) is 34.0 Å². The number of aliphatic imine (C=N–C) groups is 1. The lowest BCUT2D eigenvalue weighted by molar-refractivity contribution is -0.136. The number of nitrogens with zero attached hydrogens (tertiary/aromatic N) is 4. The second kappa shape index (κ2) is 18.7. The van der Waals surface area contributed by atoms with E-state index in [0.717, 1.165) is 59.5 Å². The van der Waals surface area contributed by atoms with Crippen molar-refractivity contribution >= 4 is 35.9 Å². The van der Waals surface area contributed by atoms with E-state index in [1.807, 2.05) is 55.8 Å². The Labute approximate surface area is 383 Å². The van der Waals surface area contributed by atoms with Crippen LogP contribution in [-0.4, -0.2) is 108 Å². The number of likely N-dealkylation sites (tertiary alicyclic amines) is 2. The van der Waals surface area contributed by atoms with E-state index >= 15 is 0 Å². The van der Waals surface area contributed by atoms with Crippen LogP contribution in [-0.2, 0) is 19.1 Å². The van der Waals surface area contributed by atoms with E-state index < -0.39 is 24.3 Å². The van der Waals surface area contributed by atoms with E-state index in [1.165, 1.54) is 25.3 Å². The molecule has 4 aliphatic rings. The topological polar surface area (TPSA) is 194 Å². The van der Waals surface area contributed by atoms with Crippen molar-refractivity contribution in [3.8, 4) is 22.4 Å². The van der Waals surface area contributed by atoms with Crippen molar-refractivity contribution in [2.24, 2.45) is 33.6 Å². The van der Waals surface area contributed by atoms with Crippen molar-refractivity contribution in [3.05, 3.63) is 65.1 Å². The Bertz CT molecular complexity index is 2320. The fraction of sp³-hybridized carbons (Fsp3) is 0.580. The highest BCUT2D eigenvalue weighted by atomic mass is 16.5. The molecule has 15 nitrogen and oxygen atoms in total. The lowest BCUT2D eigenvalue weighted by Crippen LogP contribution is -2.53. The van der Waals surface area contributed by atoms with Gasteiger partial charge in [0, 0.05) is 42.5 Å². The van der Waals surface area contributed by atoms with Crippen molar-refractivity contribution < 1.29 is 28.7 Å². The average Bonchev–Trinajstić information content (AvgIpc) is 4.11. The number of methoxy groups -OCH3 is 2. The summed E-state index contributed by atoms with van der Waals surface area (Å²) in [5, 5.41) is 18.3. The number of rotatable bonds is 14. The number of alkyl carbamates (subject to hydrolysis) is 2. The maximum atomic E-state index is 14.1. The molecule has 15 heteroatoms. The Balaban J connectivity index is 1.10. The molecule has 65 heavy (non-hydrogen) atoms. The lowest BCUT2D eigenvalue weighted by Gasteiger charge is -2.30. The van der Waals surface area contributed by atoms with Crippen LogP contribution in [0.1, 0.15) is 129 Å². The zero-order valence-electron chi connectivity index (χ0n) is 40.0. The molecule has 3 fully saturated rings. The first kappa shape index (κ1) is 47.4. The molecule has 1 aromatic heterocycles. The summed E-state index contributed by atoms with van der Waals surface area (Å²) in [6.45, 7) is 19.9. The number of amides is 4. The van der Waals surface area contributed by atoms with Crippen LogP contribution >= 0.6 is 0 Å². The van der Waals surface area contributed by atoms with E-state index in [-0.39, 0.29) is 64.4 Å². The number of imidazole rings is 1. The summed E-state index contributed by atoms with van der Waals surface area (Å²) in [6.07, 6.45) is 5.82. The van der Waals surface area contributed by atoms with E-state index in [9.17, 15) is 19.2 Å². The van der Waals surface area contributed by atoms with Crippen LogP contribution in [0.3, 0.4) is 0 Å². The molecular weight excluding hydrogens is 823 g/mol. The molecule has 2 bridgehead atoms. The summed E-state index contributed by atoms with van der Waals surface area (Å²) >= 11 is 0. The van der Waals surface area contributed by atoms with Gasteiger partial charge in [-0.3, -0.25) is 20.0 Å². The van der Waals surface area contributed by atoms with Gasteiger partial charge in [-0.2, -0.15) is 0 Å². The molecule has 5 heterocycles. The second-order valence-electron chi connectivity index (χ2n) is 20.8. The summed E-state index contributed by atoms with van der Waals surface area (Å²) < 4.78 is 9.65. The summed E-state index contributed by atoms with van der Waals surface area (Å²) in [7, 11) is 2.59. The fourth-order valence-electron chi connectivity index (χ4n) is 10.8. The maximum absolute atomic E-state index is 14.1. The average molecular weight is 892 g/mol. The van der Waals surface area contributed by atoms with Crippen molar-refractivity contribution in [3.63, 3.8) is 0 Å². The third kappa shape index (κ3) is 9.71. The molecule has 350 valence electrons. The zero-order chi connectivity index (χ0) is 47.1. The van der Waals surface area contributed by atoms with Gasteiger partial charge in [0.1, 0.15) is 17.9 Å². The zero-order valence-corrected chi connectivity index (χ0v) is 40.0. The minimum Gasteiger partial charge on any atom is -0.453 e. The smallest absolute Gasteiger partial charge is 0.407 e. The van der Waals surface area contributed by atoms with Gasteiger partial charge in [-0.25, -0.2) is 14.6 Å². The maximum Gasteiger partial charge on any atom is 0.407 e. The number of hydrogen-bond donors (Lipinski definition) is 5. The molecule has 7 atom stereocenters. The van der Waals surface area contributed by atoms with Crippen molar-refractivity contribution in [1.29, 1.82) is 5.41 Å². The minimum atomic E-state index is -0.730. The molecule has 7 rings (SSSR count). The molecule has 4 amide bonds. The van der Waals surface area contributed by atoms with Crippen molar-refractivity contribution in [2.45, 2.75) is 124 Å². The number of fused-ring (bicyclic) bond motifs is 5. The molecule has 0 spiro atoms. The minimum absolute atomic E-state index is 0.112. The predicted octanol–water partition coefficient (Wildman–Crippen LogP) is 7.99. The normalized spacial score (nSPS) is 23.8. The third-order valence-corrected chi connectivity index (χ3v) is 14.0. The summed E-state index contributed by atoms with van der Waals surface area (Å²) in [6, 6.07) is 11.0. The highest BCUT2D eigenvalue weighted by Crippen LogP contribution is 2.55. The van der Waals surface area contributed by atoms with Crippen LogP contribution in [0.4, 0.5) is 9.59 Å². The molecule has 4 aliphatic heterocycles. The molecular formula is C50H69N9O6. The highest BCUT2D eigenvalue weighted by Gasteiger charge is 2.48. The quantitative estimate of drug-likeness (QED) is 0.101. The number of aromatic nitrogens is 2. The number of hydrogen-bond acceptors (Lipinski definition) is 10. The summed E-state index contributed by atoms with van der Waals surface area (Å²) in [5.41, 5.74) is 7.58. The molecule has 3 saturated heterocycles. The molecule has 7 unspecified atom stereocenters. The SMILES string of the molecule is CCC1CC2NC1c1c(-c3cnc(C4CC(C)(C)CN4C(=O)C(NC(=O)OC)C(C)C)[nH]3)ccc(-c3ccc(C(=N)C=NCC4CC(C)(C)CN4C(=O)C(NC(=O)OC)C(C)C)cc3)c12. The van der Waals surface area contributed by atoms with Crippen LogP contribution in [0.2, 0.25) is 0 Å². The van der Waals surface area contributed by atoms with E-state index in [2.05, 4.69) is 84.8 Å². The van der Waals surface area contributed by atoms with Crippen molar-refractivity contribution in [1.82, 2.24) is 35.7 Å². The van der Waals surface area contributed by atoms with Crippen LogP contribution < -0.4 is 16.0 Å². The highest BCUT2D eigenvalue weighted by molar-refractivity contribution is 6.36. The molecule has 2 aromatic carbocycles. The van der Waals surface area contributed by atoms with Gasteiger partial charge in [-0.05, 0) is 70.1 Å². The Morgan fingerprint density at radius 2 is 1.45 bits per heavy atom. The number of benzene rings is 2. The first-order valence-electron chi connectivity index (χ1n) is 23.2. The van der Waals surface area contributed by atoms with Gasteiger partial charge in [0.2, 0.25) is 11.8 Å². The van der Waals surface area contributed by atoms with Gasteiger partial charge in [0.25, 0.3) is 0 Å². The van der Waals surface area contributed by atoms with Gasteiger partial charge in [0.15, 0.2) is 0 Å². The van der Waals surface area contributed by atoms with Gasteiger partial charge in [-0.15, -0.1) is 0 Å². The fourth-order valence-corrected chi connectivity index (χ4v) is 10.8. The Kier molecular flexibility index (Phi) is 13.7. The van der Waals surface area contributed by atoms with E-state index in [1.54, 1.807) is 6.21 Å². The Hall–Kier alpha value is -5.57. The van der Waals surface area contributed by atoms with Gasteiger partial charge in [-0.1, -0.05) is 105 Å². The van der Waals surface area contributed by atoms with Crippen LogP contribution in [0.15, 0.2) is 47.6 Å². The van der Waals surface area contributed by atoms with Gasteiger partial charge < -0.3 is 40.2 Å². The number of carbonyl (C=O) groups excluding carboxylic acids is 4.